The SMILES string of the molecule is CC(C)(C)OC(=O)N1CCC(C(O)CCCc2ccnc(C#N)c2)CC1. The third-order valence-corrected chi connectivity index (χ3v) is 4.64. The average molecular weight is 359 g/mol. The van der Waals surface area contributed by atoms with Crippen LogP contribution in [0.3, 0.4) is 0 Å². The number of hydrogen-bond acceptors (Lipinski definition) is 5. The summed E-state index contributed by atoms with van der Waals surface area (Å²) in [6, 6.07) is 5.75. The van der Waals surface area contributed by atoms with E-state index in [0.29, 0.717) is 18.8 Å². The highest BCUT2D eigenvalue weighted by Crippen LogP contribution is 2.25. The number of pyridine rings is 1. The molecule has 2 heterocycles. The van der Waals surface area contributed by atoms with Crippen molar-refractivity contribution in [3.63, 3.8) is 0 Å². The Hall–Kier alpha value is -2.13. The molecular formula is C20H29N3O3. The number of aryl methyl sites for hydroxylation is 1. The summed E-state index contributed by atoms with van der Waals surface area (Å²) in [5.41, 5.74) is 1.02. The first-order valence-electron chi connectivity index (χ1n) is 9.29. The monoisotopic (exact) mass is 359 g/mol. The first kappa shape index (κ1) is 20.2. The molecule has 1 saturated heterocycles. The van der Waals surface area contributed by atoms with Crippen LogP contribution in [0.1, 0.15) is 57.7 Å². The summed E-state index contributed by atoms with van der Waals surface area (Å²) in [5, 5.41) is 19.3. The zero-order valence-corrected chi connectivity index (χ0v) is 15.9. The molecule has 1 aliphatic rings. The van der Waals surface area contributed by atoms with Gasteiger partial charge < -0.3 is 14.7 Å². The van der Waals surface area contributed by atoms with Gasteiger partial charge in [0.25, 0.3) is 0 Å². The van der Waals surface area contributed by atoms with Crippen LogP contribution in [-0.2, 0) is 11.2 Å². The van der Waals surface area contributed by atoms with Crippen molar-refractivity contribution < 1.29 is 14.6 Å². The van der Waals surface area contributed by atoms with E-state index in [1.165, 1.54) is 0 Å². The molecular weight excluding hydrogens is 330 g/mol. The maximum Gasteiger partial charge on any atom is 0.410 e. The van der Waals surface area contributed by atoms with E-state index in [2.05, 4.69) is 4.98 Å². The van der Waals surface area contributed by atoms with Gasteiger partial charge in [-0.05, 0) is 76.5 Å². The lowest BCUT2D eigenvalue weighted by molar-refractivity contribution is 0.00665. The van der Waals surface area contributed by atoms with Crippen molar-refractivity contribution in [1.82, 2.24) is 9.88 Å². The van der Waals surface area contributed by atoms with Crippen LogP contribution in [0.5, 0.6) is 0 Å². The molecule has 2 rings (SSSR count). The van der Waals surface area contributed by atoms with Crippen molar-refractivity contribution in [2.45, 2.75) is 64.6 Å². The molecule has 142 valence electrons. The normalized spacial score (nSPS) is 16.8. The molecule has 6 heteroatoms. The second kappa shape index (κ2) is 9.00. The molecule has 0 spiro atoms. The summed E-state index contributed by atoms with van der Waals surface area (Å²) >= 11 is 0. The van der Waals surface area contributed by atoms with Gasteiger partial charge in [0, 0.05) is 19.3 Å². The number of aliphatic hydroxyl groups excluding tert-OH is 1. The van der Waals surface area contributed by atoms with E-state index in [0.717, 1.165) is 37.7 Å². The van der Waals surface area contributed by atoms with Crippen molar-refractivity contribution >= 4 is 6.09 Å². The summed E-state index contributed by atoms with van der Waals surface area (Å²) < 4.78 is 5.40. The highest BCUT2D eigenvalue weighted by molar-refractivity contribution is 5.68. The minimum Gasteiger partial charge on any atom is -0.444 e. The van der Waals surface area contributed by atoms with E-state index >= 15 is 0 Å². The van der Waals surface area contributed by atoms with Gasteiger partial charge in [0.2, 0.25) is 0 Å². The van der Waals surface area contributed by atoms with E-state index in [9.17, 15) is 9.90 Å². The highest BCUT2D eigenvalue weighted by Gasteiger charge is 2.29. The van der Waals surface area contributed by atoms with Crippen LogP contribution in [0.4, 0.5) is 4.79 Å². The van der Waals surface area contributed by atoms with Gasteiger partial charge in [0.1, 0.15) is 17.4 Å². The number of hydrogen-bond donors (Lipinski definition) is 1. The van der Waals surface area contributed by atoms with E-state index in [1.54, 1.807) is 17.2 Å². The molecule has 0 radical (unpaired) electrons. The Morgan fingerprint density at radius 1 is 1.46 bits per heavy atom. The number of amides is 1. The van der Waals surface area contributed by atoms with E-state index in [-0.39, 0.29) is 18.1 Å². The number of carbonyl (C=O) groups excluding carboxylic acids is 1. The predicted octanol–water partition coefficient (Wildman–Crippen LogP) is 3.28. The van der Waals surface area contributed by atoms with Crippen molar-refractivity contribution in [2.24, 2.45) is 5.92 Å². The van der Waals surface area contributed by atoms with Gasteiger partial charge in [-0.3, -0.25) is 0 Å². The number of rotatable bonds is 5. The van der Waals surface area contributed by atoms with Gasteiger partial charge in [0.05, 0.1) is 6.10 Å². The lowest BCUT2D eigenvalue weighted by Gasteiger charge is -2.35. The van der Waals surface area contributed by atoms with Crippen LogP contribution in [0.15, 0.2) is 18.3 Å². The minimum atomic E-state index is -0.480. The summed E-state index contributed by atoms with van der Waals surface area (Å²) in [5.74, 6) is 0.223. The molecule has 1 aromatic rings. The number of aliphatic hydroxyl groups is 1. The lowest BCUT2D eigenvalue weighted by atomic mass is 9.88. The van der Waals surface area contributed by atoms with Crippen LogP contribution in [0.2, 0.25) is 0 Å². The largest absolute Gasteiger partial charge is 0.444 e. The van der Waals surface area contributed by atoms with Crippen LogP contribution >= 0.6 is 0 Å². The number of nitrogens with zero attached hydrogens (tertiary/aromatic N) is 3. The summed E-state index contributed by atoms with van der Waals surface area (Å²) in [4.78, 5) is 17.8. The second-order valence-electron chi connectivity index (χ2n) is 7.93. The summed E-state index contributed by atoms with van der Waals surface area (Å²) in [7, 11) is 0. The molecule has 26 heavy (non-hydrogen) atoms. The molecule has 0 aliphatic carbocycles. The van der Waals surface area contributed by atoms with Crippen molar-refractivity contribution in [3.05, 3.63) is 29.6 Å². The van der Waals surface area contributed by atoms with E-state index in [4.69, 9.17) is 10.00 Å². The van der Waals surface area contributed by atoms with Gasteiger partial charge in [-0.1, -0.05) is 0 Å². The smallest absolute Gasteiger partial charge is 0.410 e. The molecule has 1 N–H and O–H groups in total. The average Bonchev–Trinajstić information content (AvgIpc) is 2.60. The number of piperidine rings is 1. The molecule has 1 amide bonds. The van der Waals surface area contributed by atoms with Crippen molar-refractivity contribution in [2.75, 3.05) is 13.1 Å². The van der Waals surface area contributed by atoms with E-state index < -0.39 is 5.60 Å². The standard InChI is InChI=1S/C20H29N3O3/c1-20(2,3)26-19(25)23-11-8-16(9-12-23)18(24)6-4-5-15-7-10-22-17(13-15)14-21/h7,10,13,16,18,24H,4-6,8-9,11-12H2,1-3H3. The maximum absolute atomic E-state index is 12.1. The second-order valence-corrected chi connectivity index (χ2v) is 7.93. The first-order chi connectivity index (χ1) is 12.3. The summed E-state index contributed by atoms with van der Waals surface area (Å²) in [6.45, 7) is 6.86. The third kappa shape index (κ3) is 6.30. The fourth-order valence-corrected chi connectivity index (χ4v) is 3.24. The number of carbonyl (C=O) groups is 1. The van der Waals surface area contributed by atoms with Gasteiger partial charge in [-0.2, -0.15) is 5.26 Å². The number of ether oxygens (including phenoxy) is 1. The molecule has 1 unspecified atom stereocenters. The molecule has 6 nitrogen and oxygen atoms in total. The Morgan fingerprint density at radius 3 is 2.77 bits per heavy atom. The van der Waals surface area contributed by atoms with Crippen molar-refractivity contribution in [3.8, 4) is 6.07 Å². The molecule has 0 aromatic carbocycles. The molecule has 0 bridgehead atoms. The van der Waals surface area contributed by atoms with Crippen LogP contribution in [0.25, 0.3) is 0 Å². The van der Waals surface area contributed by atoms with Gasteiger partial charge in [-0.15, -0.1) is 0 Å². The quantitative estimate of drug-likeness (QED) is 0.872. The highest BCUT2D eigenvalue weighted by atomic mass is 16.6. The molecule has 0 saturated carbocycles. The van der Waals surface area contributed by atoms with Gasteiger partial charge >= 0.3 is 6.09 Å². The zero-order valence-electron chi connectivity index (χ0n) is 15.9. The molecule has 1 fully saturated rings. The van der Waals surface area contributed by atoms with Gasteiger partial charge in [-0.25, -0.2) is 9.78 Å². The summed E-state index contributed by atoms with van der Waals surface area (Å²) in [6.07, 6.45) is 5.04. The molecule has 1 aliphatic heterocycles. The van der Waals surface area contributed by atoms with Crippen LogP contribution in [-0.4, -0.2) is 45.9 Å². The van der Waals surface area contributed by atoms with Crippen LogP contribution in [0, 0.1) is 17.2 Å². The first-order valence-corrected chi connectivity index (χ1v) is 9.29. The number of likely N-dealkylation sites (tertiary alicyclic amines) is 1. The Balaban J connectivity index is 1.72. The predicted molar refractivity (Wildman–Crippen MR) is 98.4 cm³/mol. The van der Waals surface area contributed by atoms with Crippen molar-refractivity contribution in [1.29, 1.82) is 5.26 Å². The van der Waals surface area contributed by atoms with Crippen LogP contribution < -0.4 is 0 Å². The topological polar surface area (TPSA) is 86.4 Å². The third-order valence-electron chi connectivity index (χ3n) is 4.64. The zero-order chi connectivity index (χ0) is 19.2. The lowest BCUT2D eigenvalue weighted by Crippen LogP contribution is -2.43. The Bertz CT molecular complexity index is 640. The Morgan fingerprint density at radius 2 is 2.15 bits per heavy atom. The minimum absolute atomic E-state index is 0.223. The fraction of sp³-hybridized carbons (Fsp3) is 0.650. The van der Waals surface area contributed by atoms with E-state index in [1.807, 2.05) is 32.9 Å². The number of aromatic nitrogens is 1. The molecule has 1 aromatic heterocycles. The fourth-order valence-electron chi connectivity index (χ4n) is 3.24. The maximum atomic E-state index is 12.1. The van der Waals surface area contributed by atoms with Gasteiger partial charge in [0.15, 0.2) is 0 Å². The Labute approximate surface area is 155 Å². The number of nitriles is 1. The Kier molecular flexibility index (Phi) is 6.98. The molecule has 1 atom stereocenters.